The molecule has 3 nitrogen and oxygen atoms in total. The average Bonchev–Trinajstić information content (AvgIpc) is 2.47. The van der Waals surface area contributed by atoms with Gasteiger partial charge in [0, 0.05) is 16.7 Å². The minimum atomic E-state index is -2.82. The zero-order valence-electron chi connectivity index (χ0n) is 10.8. The Hall–Kier alpha value is -2.13. The molecule has 0 radical (unpaired) electrons. The van der Waals surface area contributed by atoms with Crippen molar-refractivity contribution < 1.29 is 13.5 Å². The highest BCUT2D eigenvalue weighted by atomic mass is 79.9. The molecule has 0 fully saturated rings. The van der Waals surface area contributed by atoms with Gasteiger partial charge in [0.15, 0.2) is 0 Å². The average molecular weight is 353 g/mol. The fourth-order valence-corrected chi connectivity index (χ4v) is 2.23. The van der Waals surface area contributed by atoms with Crippen LogP contribution < -0.4 is 10.1 Å². The van der Waals surface area contributed by atoms with Crippen molar-refractivity contribution in [3.05, 3.63) is 58.1 Å². The molecule has 0 aliphatic rings. The summed E-state index contributed by atoms with van der Waals surface area (Å²) in [5.41, 5.74) is 2.34. The first kappa shape index (κ1) is 15.3. The van der Waals surface area contributed by atoms with Crippen LogP contribution >= 0.6 is 15.9 Å². The molecule has 21 heavy (non-hydrogen) atoms. The molecule has 2 aromatic rings. The lowest BCUT2D eigenvalue weighted by atomic mass is 10.2. The summed E-state index contributed by atoms with van der Waals surface area (Å²) >= 11 is 3.38. The van der Waals surface area contributed by atoms with Crippen molar-refractivity contribution >= 4 is 21.6 Å². The van der Waals surface area contributed by atoms with Crippen molar-refractivity contribution in [2.45, 2.75) is 13.2 Å². The highest BCUT2D eigenvalue weighted by Gasteiger charge is 2.04. The maximum atomic E-state index is 12.0. The van der Waals surface area contributed by atoms with E-state index in [9.17, 15) is 8.78 Å². The van der Waals surface area contributed by atoms with Crippen LogP contribution in [0.15, 0.2) is 46.9 Å². The Morgan fingerprint density at radius 2 is 1.90 bits per heavy atom. The van der Waals surface area contributed by atoms with E-state index in [1.807, 2.05) is 0 Å². The fourth-order valence-electron chi connectivity index (χ4n) is 1.71. The summed E-state index contributed by atoms with van der Waals surface area (Å²) in [4.78, 5) is 0. The van der Waals surface area contributed by atoms with Crippen LogP contribution in [0, 0.1) is 11.3 Å². The largest absolute Gasteiger partial charge is 0.435 e. The Balaban J connectivity index is 1.98. The smallest absolute Gasteiger partial charge is 0.387 e. The summed E-state index contributed by atoms with van der Waals surface area (Å²) in [6.45, 7) is -2.29. The number of hydrogen-bond donors (Lipinski definition) is 1. The quantitative estimate of drug-likeness (QED) is 0.859. The monoisotopic (exact) mass is 352 g/mol. The van der Waals surface area contributed by atoms with Gasteiger partial charge < -0.3 is 10.1 Å². The Bertz CT molecular complexity index is 654. The van der Waals surface area contributed by atoms with Crippen LogP contribution in [-0.4, -0.2) is 6.61 Å². The molecule has 0 aliphatic heterocycles. The maximum Gasteiger partial charge on any atom is 0.387 e. The number of halogens is 3. The van der Waals surface area contributed by atoms with Crippen molar-refractivity contribution in [3.8, 4) is 11.8 Å². The highest BCUT2D eigenvalue weighted by molar-refractivity contribution is 9.10. The molecule has 2 rings (SSSR count). The lowest BCUT2D eigenvalue weighted by molar-refractivity contribution is -0.0498. The van der Waals surface area contributed by atoms with Gasteiger partial charge in [-0.25, -0.2) is 0 Å². The number of anilines is 1. The van der Waals surface area contributed by atoms with Gasteiger partial charge in [-0.05, 0) is 51.8 Å². The number of nitrogens with one attached hydrogen (secondary N) is 1. The van der Waals surface area contributed by atoms with Gasteiger partial charge in [-0.2, -0.15) is 14.0 Å². The van der Waals surface area contributed by atoms with E-state index >= 15 is 0 Å². The molecule has 0 amide bonds. The summed E-state index contributed by atoms with van der Waals surface area (Å²) in [6.07, 6.45) is 0. The minimum absolute atomic E-state index is 0.133. The number of hydrogen-bond acceptors (Lipinski definition) is 3. The van der Waals surface area contributed by atoms with Crippen LogP contribution in [0.25, 0.3) is 0 Å². The van der Waals surface area contributed by atoms with Crippen LogP contribution in [0.4, 0.5) is 14.5 Å². The maximum absolute atomic E-state index is 12.0. The van der Waals surface area contributed by atoms with Gasteiger partial charge in [0.1, 0.15) is 5.75 Å². The van der Waals surface area contributed by atoms with E-state index in [1.54, 1.807) is 30.3 Å². The standard InChI is InChI=1S/C15H11BrF2N2O/c16-13-7-11(8-19)3-6-14(13)20-9-10-1-4-12(5-2-10)21-15(17)18/h1-7,15,20H,9H2. The van der Waals surface area contributed by atoms with Crippen LogP contribution in [0.1, 0.15) is 11.1 Å². The van der Waals surface area contributed by atoms with Crippen molar-refractivity contribution in [1.29, 1.82) is 5.26 Å². The van der Waals surface area contributed by atoms with E-state index in [0.29, 0.717) is 12.1 Å². The first-order valence-electron chi connectivity index (χ1n) is 6.06. The second-order valence-electron chi connectivity index (χ2n) is 4.18. The first-order chi connectivity index (χ1) is 10.1. The van der Waals surface area contributed by atoms with Crippen molar-refractivity contribution in [2.75, 3.05) is 5.32 Å². The molecule has 6 heteroatoms. The Morgan fingerprint density at radius 3 is 2.48 bits per heavy atom. The first-order valence-corrected chi connectivity index (χ1v) is 6.85. The number of alkyl halides is 2. The summed E-state index contributed by atoms with van der Waals surface area (Å²) in [7, 11) is 0. The third kappa shape index (κ3) is 4.43. The fraction of sp³-hybridized carbons (Fsp3) is 0.133. The molecule has 0 unspecified atom stereocenters. The molecule has 0 aromatic heterocycles. The summed E-state index contributed by atoms with van der Waals surface area (Å²) in [5.74, 6) is 0.133. The highest BCUT2D eigenvalue weighted by Crippen LogP contribution is 2.24. The zero-order valence-corrected chi connectivity index (χ0v) is 12.4. The SMILES string of the molecule is N#Cc1ccc(NCc2ccc(OC(F)F)cc2)c(Br)c1. The second-order valence-corrected chi connectivity index (χ2v) is 5.04. The number of benzene rings is 2. The molecular weight excluding hydrogens is 342 g/mol. The molecule has 108 valence electrons. The van der Waals surface area contributed by atoms with Gasteiger partial charge in [0.2, 0.25) is 0 Å². The van der Waals surface area contributed by atoms with E-state index < -0.39 is 6.61 Å². The van der Waals surface area contributed by atoms with E-state index in [0.717, 1.165) is 15.7 Å². The van der Waals surface area contributed by atoms with Crippen LogP contribution in [0.3, 0.4) is 0 Å². The van der Waals surface area contributed by atoms with Gasteiger partial charge in [0.05, 0.1) is 11.6 Å². The number of nitrogens with zero attached hydrogens (tertiary/aromatic N) is 1. The predicted octanol–water partition coefficient (Wildman–Crippen LogP) is 4.53. The Labute approximate surface area is 129 Å². The van der Waals surface area contributed by atoms with Gasteiger partial charge in [0.25, 0.3) is 0 Å². The molecule has 0 bridgehead atoms. The molecule has 0 heterocycles. The number of nitriles is 1. The van der Waals surface area contributed by atoms with Gasteiger partial charge >= 0.3 is 6.61 Å². The minimum Gasteiger partial charge on any atom is -0.435 e. The van der Waals surface area contributed by atoms with E-state index in [4.69, 9.17) is 5.26 Å². The number of rotatable bonds is 5. The molecule has 1 N–H and O–H groups in total. The summed E-state index contributed by atoms with van der Waals surface area (Å²) in [5, 5.41) is 12.0. The summed E-state index contributed by atoms with van der Waals surface area (Å²) < 4.78 is 29.1. The third-order valence-electron chi connectivity index (χ3n) is 2.73. The molecule has 0 spiro atoms. The topological polar surface area (TPSA) is 45.0 Å². The molecule has 0 aliphatic carbocycles. The second kappa shape index (κ2) is 7.04. The van der Waals surface area contributed by atoms with Crippen molar-refractivity contribution in [3.63, 3.8) is 0 Å². The predicted molar refractivity (Wildman–Crippen MR) is 79.3 cm³/mol. The Morgan fingerprint density at radius 1 is 1.19 bits per heavy atom. The summed E-state index contributed by atoms with van der Waals surface area (Å²) in [6, 6.07) is 13.7. The zero-order chi connectivity index (χ0) is 15.2. The van der Waals surface area contributed by atoms with Crippen molar-refractivity contribution in [2.24, 2.45) is 0 Å². The normalized spacial score (nSPS) is 10.2. The molecular formula is C15H11BrF2N2O. The molecule has 2 aromatic carbocycles. The molecule has 0 atom stereocenters. The van der Waals surface area contributed by atoms with E-state index in [-0.39, 0.29) is 5.75 Å². The molecule has 0 saturated carbocycles. The van der Waals surface area contributed by atoms with E-state index in [1.165, 1.54) is 12.1 Å². The Kier molecular flexibility index (Phi) is 5.12. The van der Waals surface area contributed by atoms with Gasteiger partial charge in [-0.15, -0.1) is 0 Å². The third-order valence-corrected chi connectivity index (χ3v) is 3.39. The van der Waals surface area contributed by atoms with Crippen LogP contribution in [-0.2, 0) is 6.54 Å². The van der Waals surface area contributed by atoms with E-state index in [2.05, 4.69) is 32.1 Å². The lowest BCUT2D eigenvalue weighted by Crippen LogP contribution is -2.03. The van der Waals surface area contributed by atoms with Crippen LogP contribution in [0.2, 0.25) is 0 Å². The molecule has 0 saturated heterocycles. The lowest BCUT2D eigenvalue weighted by Gasteiger charge is -2.10. The van der Waals surface area contributed by atoms with Gasteiger partial charge in [-0.3, -0.25) is 0 Å². The number of ether oxygens (including phenoxy) is 1. The van der Waals surface area contributed by atoms with Crippen molar-refractivity contribution in [1.82, 2.24) is 0 Å². The van der Waals surface area contributed by atoms with Crippen LogP contribution in [0.5, 0.6) is 5.75 Å². The van der Waals surface area contributed by atoms with Gasteiger partial charge in [-0.1, -0.05) is 12.1 Å².